The normalized spacial score (nSPS) is 40.9. The van der Waals surface area contributed by atoms with Crippen molar-refractivity contribution in [3.8, 4) is 0 Å². The highest BCUT2D eigenvalue weighted by Crippen LogP contribution is 2.49. The fourth-order valence-electron chi connectivity index (χ4n) is 6.14. The lowest BCUT2D eigenvalue weighted by Crippen LogP contribution is -2.42. The van der Waals surface area contributed by atoms with Gasteiger partial charge in [0.05, 0.1) is 12.7 Å². The van der Waals surface area contributed by atoms with E-state index in [9.17, 15) is 4.79 Å². The molecule has 128 valence electrons. The number of esters is 1. The number of fused-ring (bicyclic) bond motifs is 3. The number of rotatable bonds is 2. The van der Waals surface area contributed by atoms with Gasteiger partial charge in [-0.15, -0.1) is 0 Å². The molecule has 0 amide bonds. The summed E-state index contributed by atoms with van der Waals surface area (Å²) in [5.74, 6) is 2.50. The van der Waals surface area contributed by atoms with Crippen LogP contribution in [0.3, 0.4) is 0 Å². The minimum atomic E-state index is -0.0528. The molecule has 3 heteroatoms. The molecule has 2 heterocycles. The van der Waals surface area contributed by atoms with Gasteiger partial charge in [-0.2, -0.15) is 0 Å². The number of likely N-dealkylation sites (N-methyl/N-ethyl adjacent to an activating group) is 1. The fourth-order valence-corrected chi connectivity index (χ4v) is 6.14. The van der Waals surface area contributed by atoms with Gasteiger partial charge >= 0.3 is 5.97 Å². The lowest BCUT2D eigenvalue weighted by molar-refractivity contribution is -0.137. The molecule has 4 aliphatic rings. The molecule has 0 aromatic heterocycles. The molecular weight excluding hydrogens is 286 g/mol. The molecule has 3 nitrogen and oxygen atoms in total. The van der Waals surface area contributed by atoms with E-state index in [4.69, 9.17) is 4.74 Å². The van der Waals surface area contributed by atoms with Crippen molar-refractivity contribution in [2.75, 3.05) is 14.2 Å². The summed E-state index contributed by atoms with van der Waals surface area (Å²) in [5.41, 5.74) is 2.54. The zero-order chi connectivity index (χ0) is 16.0. The largest absolute Gasteiger partial charge is 0.466 e. The molecule has 0 radical (unpaired) electrons. The van der Waals surface area contributed by atoms with E-state index in [-0.39, 0.29) is 5.97 Å². The van der Waals surface area contributed by atoms with Crippen molar-refractivity contribution in [2.45, 2.75) is 76.3 Å². The summed E-state index contributed by atoms with van der Waals surface area (Å²) in [5, 5.41) is 0. The van der Waals surface area contributed by atoms with Gasteiger partial charge in [0.25, 0.3) is 0 Å². The summed E-state index contributed by atoms with van der Waals surface area (Å²) < 4.78 is 5.19. The molecular formula is C20H31NO2. The second kappa shape index (κ2) is 6.23. The SMILES string of the molecule is COC(=O)C1=C(C2CCC3CCCCC3C2)C[C@H]2CCC1N2C. The number of hydrogen-bond donors (Lipinski definition) is 0. The average Bonchev–Trinajstić information content (AvgIpc) is 2.83. The predicted molar refractivity (Wildman–Crippen MR) is 91.0 cm³/mol. The van der Waals surface area contributed by atoms with E-state index in [1.807, 2.05) is 0 Å². The van der Waals surface area contributed by atoms with Crippen LogP contribution in [0.5, 0.6) is 0 Å². The van der Waals surface area contributed by atoms with Gasteiger partial charge in [-0.05, 0) is 63.3 Å². The van der Waals surface area contributed by atoms with Crippen molar-refractivity contribution < 1.29 is 9.53 Å². The van der Waals surface area contributed by atoms with Gasteiger partial charge in [-0.1, -0.05) is 31.3 Å². The van der Waals surface area contributed by atoms with Crippen LogP contribution in [0, 0.1) is 17.8 Å². The monoisotopic (exact) mass is 317 g/mol. The first-order valence-corrected chi connectivity index (χ1v) is 9.72. The fraction of sp³-hybridized carbons (Fsp3) is 0.850. The van der Waals surface area contributed by atoms with Crippen LogP contribution in [-0.2, 0) is 9.53 Å². The Bertz CT molecular complexity index is 512. The zero-order valence-electron chi connectivity index (χ0n) is 14.7. The second-order valence-electron chi connectivity index (χ2n) is 8.36. The molecule has 1 saturated heterocycles. The Labute approximate surface area is 140 Å². The molecule has 3 fully saturated rings. The van der Waals surface area contributed by atoms with E-state index >= 15 is 0 Å². The van der Waals surface area contributed by atoms with Crippen LogP contribution in [0.15, 0.2) is 11.1 Å². The van der Waals surface area contributed by atoms with Gasteiger partial charge in [0.1, 0.15) is 0 Å². The van der Waals surface area contributed by atoms with E-state index in [0.29, 0.717) is 18.0 Å². The smallest absolute Gasteiger partial charge is 0.335 e. The quantitative estimate of drug-likeness (QED) is 0.723. The van der Waals surface area contributed by atoms with E-state index < -0.39 is 0 Å². The molecule has 2 aliphatic heterocycles. The second-order valence-corrected chi connectivity index (χ2v) is 8.36. The zero-order valence-corrected chi connectivity index (χ0v) is 14.7. The van der Waals surface area contributed by atoms with Gasteiger partial charge in [0.15, 0.2) is 0 Å². The minimum Gasteiger partial charge on any atom is -0.466 e. The van der Waals surface area contributed by atoms with E-state index in [1.54, 1.807) is 7.11 Å². The number of carbonyl (C=O) groups excluding carboxylic acids is 1. The highest BCUT2D eigenvalue weighted by molar-refractivity contribution is 5.91. The van der Waals surface area contributed by atoms with Gasteiger partial charge in [-0.3, -0.25) is 4.90 Å². The van der Waals surface area contributed by atoms with Gasteiger partial charge in [-0.25, -0.2) is 4.79 Å². The Morgan fingerprint density at radius 1 is 1.04 bits per heavy atom. The Morgan fingerprint density at radius 2 is 1.83 bits per heavy atom. The molecule has 23 heavy (non-hydrogen) atoms. The summed E-state index contributed by atoms with van der Waals surface area (Å²) in [4.78, 5) is 15.0. The number of ether oxygens (including phenoxy) is 1. The van der Waals surface area contributed by atoms with Crippen molar-refractivity contribution in [1.82, 2.24) is 4.90 Å². The van der Waals surface area contributed by atoms with Crippen LogP contribution in [0.2, 0.25) is 0 Å². The number of hydrogen-bond acceptors (Lipinski definition) is 3. The molecule has 4 unspecified atom stereocenters. The average molecular weight is 317 g/mol. The Balaban J connectivity index is 1.62. The Hall–Kier alpha value is -0.830. The summed E-state index contributed by atoms with van der Waals surface area (Å²) in [7, 11) is 3.74. The van der Waals surface area contributed by atoms with Gasteiger partial charge in [0.2, 0.25) is 0 Å². The Kier molecular flexibility index (Phi) is 4.25. The highest BCUT2D eigenvalue weighted by Gasteiger charge is 2.45. The first-order valence-electron chi connectivity index (χ1n) is 9.72. The standard InChI is InChI=1S/C20H31NO2/c1-21-16-9-10-18(21)19(20(22)23-2)17(12-16)15-8-7-13-5-3-4-6-14(13)11-15/h13-16,18H,3-12H2,1-2H3/t13?,14?,15?,16-,18?/m1/s1. The van der Waals surface area contributed by atoms with Crippen molar-refractivity contribution in [1.29, 1.82) is 0 Å². The van der Waals surface area contributed by atoms with E-state index in [1.165, 1.54) is 56.9 Å². The third-order valence-corrected chi connectivity index (χ3v) is 7.41. The summed E-state index contributed by atoms with van der Waals surface area (Å²) >= 11 is 0. The highest BCUT2D eigenvalue weighted by atomic mass is 16.5. The predicted octanol–water partition coefficient (Wildman–Crippen LogP) is 3.93. The maximum Gasteiger partial charge on any atom is 0.335 e. The first kappa shape index (κ1) is 15.7. The molecule has 0 spiro atoms. The molecule has 4 rings (SSSR count). The molecule has 2 bridgehead atoms. The summed E-state index contributed by atoms with van der Waals surface area (Å²) in [6.45, 7) is 0. The van der Waals surface area contributed by atoms with Crippen LogP contribution in [-0.4, -0.2) is 37.1 Å². The molecule has 0 N–H and O–H groups in total. The lowest BCUT2D eigenvalue weighted by atomic mass is 9.64. The molecule has 2 aliphatic carbocycles. The van der Waals surface area contributed by atoms with Crippen molar-refractivity contribution in [3.05, 3.63) is 11.1 Å². The van der Waals surface area contributed by atoms with Crippen molar-refractivity contribution >= 4 is 5.97 Å². The van der Waals surface area contributed by atoms with Gasteiger partial charge in [0, 0.05) is 12.1 Å². The van der Waals surface area contributed by atoms with Crippen LogP contribution in [0.4, 0.5) is 0 Å². The third-order valence-electron chi connectivity index (χ3n) is 7.41. The third kappa shape index (κ3) is 2.65. The van der Waals surface area contributed by atoms with Crippen LogP contribution < -0.4 is 0 Å². The molecule has 0 aromatic carbocycles. The number of methoxy groups -OCH3 is 1. The summed E-state index contributed by atoms with van der Waals surface area (Å²) in [6, 6.07) is 0.979. The number of nitrogens with zero attached hydrogens (tertiary/aromatic N) is 1. The Morgan fingerprint density at radius 3 is 2.61 bits per heavy atom. The number of carbonyl (C=O) groups is 1. The van der Waals surface area contributed by atoms with Crippen LogP contribution in [0.25, 0.3) is 0 Å². The maximum atomic E-state index is 12.5. The molecule has 0 aromatic rings. The first-order chi connectivity index (χ1) is 11.2. The van der Waals surface area contributed by atoms with E-state index in [2.05, 4.69) is 11.9 Å². The van der Waals surface area contributed by atoms with Gasteiger partial charge < -0.3 is 4.74 Å². The van der Waals surface area contributed by atoms with Crippen molar-refractivity contribution in [2.24, 2.45) is 17.8 Å². The topological polar surface area (TPSA) is 29.5 Å². The van der Waals surface area contributed by atoms with Crippen LogP contribution in [0.1, 0.15) is 64.2 Å². The molecule has 5 atom stereocenters. The van der Waals surface area contributed by atoms with E-state index in [0.717, 1.165) is 30.3 Å². The molecule has 2 saturated carbocycles. The minimum absolute atomic E-state index is 0.0528. The maximum absolute atomic E-state index is 12.5. The van der Waals surface area contributed by atoms with Crippen LogP contribution >= 0.6 is 0 Å². The van der Waals surface area contributed by atoms with Crippen molar-refractivity contribution in [3.63, 3.8) is 0 Å². The lowest BCUT2D eigenvalue weighted by Gasteiger charge is -2.43. The summed E-state index contributed by atoms with van der Waals surface area (Å²) in [6.07, 6.45) is 13.3.